The van der Waals surface area contributed by atoms with Crippen LogP contribution in [0.1, 0.15) is 37.5 Å². The van der Waals surface area contributed by atoms with E-state index in [1.165, 1.54) is 0 Å². The maximum absolute atomic E-state index is 13.5. The quantitative estimate of drug-likeness (QED) is 0.489. The van der Waals surface area contributed by atoms with Crippen LogP contribution >= 0.6 is 23.2 Å². The Morgan fingerprint density at radius 2 is 1.39 bits per heavy atom. The SMILES string of the molecule is O=C(Nc1cc(Cl)ccc1C(=O)N1CCC(N2CCN(C(=O)c3ccc(Cl)cc3)CC2)C1)c1ccccc1. The number of carbonyl (C=O) groups excluding carboxylic acids is 3. The molecule has 3 aromatic rings. The fraction of sp³-hybridized carbons (Fsp3) is 0.276. The summed E-state index contributed by atoms with van der Waals surface area (Å²) >= 11 is 12.1. The van der Waals surface area contributed by atoms with Crippen molar-refractivity contribution in [1.29, 1.82) is 0 Å². The standard InChI is InChI=1S/C29H28Cl2N4O3/c30-22-8-6-21(7-9-22)28(37)34-16-14-33(15-17-34)24-12-13-35(19-24)29(38)25-11-10-23(31)18-26(25)32-27(36)20-4-2-1-3-5-20/h1-11,18,24H,12-17,19H2,(H,32,36). The normalized spacial score (nSPS) is 17.9. The molecule has 2 heterocycles. The summed E-state index contributed by atoms with van der Waals surface area (Å²) in [4.78, 5) is 45.1. The second kappa shape index (κ2) is 11.6. The Morgan fingerprint density at radius 1 is 0.711 bits per heavy atom. The first-order valence-corrected chi connectivity index (χ1v) is 13.4. The topological polar surface area (TPSA) is 73.0 Å². The summed E-state index contributed by atoms with van der Waals surface area (Å²) in [5, 5.41) is 3.90. The van der Waals surface area contributed by atoms with E-state index in [0.717, 1.165) is 19.5 Å². The van der Waals surface area contributed by atoms with Gasteiger partial charge in [-0.1, -0.05) is 41.4 Å². The van der Waals surface area contributed by atoms with Crippen molar-refractivity contribution < 1.29 is 14.4 Å². The number of benzene rings is 3. The number of piperazine rings is 1. The average molecular weight is 551 g/mol. The van der Waals surface area contributed by atoms with Gasteiger partial charge in [-0.3, -0.25) is 19.3 Å². The molecule has 0 radical (unpaired) electrons. The predicted molar refractivity (Wildman–Crippen MR) is 149 cm³/mol. The van der Waals surface area contributed by atoms with Crippen molar-refractivity contribution in [2.45, 2.75) is 12.5 Å². The summed E-state index contributed by atoms with van der Waals surface area (Å²) in [5.74, 6) is -0.423. The van der Waals surface area contributed by atoms with Crippen molar-refractivity contribution in [3.05, 3.63) is 99.5 Å². The van der Waals surface area contributed by atoms with Gasteiger partial charge in [0, 0.05) is 66.5 Å². The molecule has 1 atom stereocenters. The van der Waals surface area contributed by atoms with Gasteiger partial charge in [-0.05, 0) is 61.0 Å². The van der Waals surface area contributed by atoms with Gasteiger partial charge in [0.25, 0.3) is 17.7 Å². The van der Waals surface area contributed by atoms with Crippen LogP contribution in [0.4, 0.5) is 5.69 Å². The van der Waals surface area contributed by atoms with Crippen LogP contribution in [0.2, 0.25) is 10.0 Å². The Labute approximate surface area is 231 Å². The van der Waals surface area contributed by atoms with Crippen LogP contribution in [-0.4, -0.2) is 77.7 Å². The molecule has 7 nitrogen and oxygen atoms in total. The number of likely N-dealkylation sites (tertiary alicyclic amines) is 1. The van der Waals surface area contributed by atoms with Crippen LogP contribution in [0.3, 0.4) is 0 Å². The van der Waals surface area contributed by atoms with Crippen LogP contribution in [0.15, 0.2) is 72.8 Å². The number of nitrogens with zero attached hydrogens (tertiary/aromatic N) is 3. The molecule has 0 aliphatic carbocycles. The summed E-state index contributed by atoms with van der Waals surface area (Å²) in [7, 11) is 0. The highest BCUT2D eigenvalue weighted by atomic mass is 35.5. The number of hydrogen-bond acceptors (Lipinski definition) is 4. The van der Waals surface area contributed by atoms with Crippen molar-refractivity contribution in [2.24, 2.45) is 0 Å². The lowest BCUT2D eigenvalue weighted by molar-refractivity contribution is 0.0568. The number of halogens is 2. The molecule has 2 aliphatic heterocycles. The molecule has 9 heteroatoms. The van der Waals surface area contributed by atoms with Gasteiger partial charge in [0.15, 0.2) is 0 Å². The molecule has 2 saturated heterocycles. The zero-order valence-corrected chi connectivity index (χ0v) is 22.3. The van der Waals surface area contributed by atoms with Crippen LogP contribution in [0.25, 0.3) is 0 Å². The third kappa shape index (κ3) is 5.85. The molecule has 0 aromatic heterocycles. The highest BCUT2D eigenvalue weighted by Gasteiger charge is 2.34. The second-order valence-corrected chi connectivity index (χ2v) is 10.4. The summed E-state index contributed by atoms with van der Waals surface area (Å²) in [5.41, 5.74) is 1.95. The minimum absolute atomic E-state index is 0.0114. The largest absolute Gasteiger partial charge is 0.337 e. The maximum Gasteiger partial charge on any atom is 0.256 e. The van der Waals surface area contributed by atoms with E-state index < -0.39 is 0 Å². The van der Waals surface area contributed by atoms with Gasteiger partial charge < -0.3 is 15.1 Å². The first kappa shape index (κ1) is 26.2. The summed E-state index contributed by atoms with van der Waals surface area (Å²) in [6.07, 6.45) is 0.857. The Kier molecular flexibility index (Phi) is 7.98. The molecule has 2 aliphatic rings. The zero-order valence-electron chi connectivity index (χ0n) is 20.8. The molecule has 3 aromatic carbocycles. The van der Waals surface area contributed by atoms with E-state index in [1.807, 2.05) is 15.9 Å². The lowest BCUT2D eigenvalue weighted by atomic mass is 10.1. The number of hydrogen-bond donors (Lipinski definition) is 1. The molecule has 1 unspecified atom stereocenters. The van der Waals surface area contributed by atoms with E-state index in [4.69, 9.17) is 23.2 Å². The van der Waals surface area contributed by atoms with Crippen LogP contribution < -0.4 is 5.32 Å². The fourth-order valence-electron chi connectivity index (χ4n) is 5.05. The molecule has 196 valence electrons. The van der Waals surface area contributed by atoms with E-state index in [2.05, 4.69) is 10.2 Å². The van der Waals surface area contributed by atoms with Crippen LogP contribution in [0.5, 0.6) is 0 Å². The van der Waals surface area contributed by atoms with Gasteiger partial charge in [0.1, 0.15) is 0 Å². The Balaban J connectivity index is 1.20. The zero-order chi connectivity index (χ0) is 26.6. The highest BCUT2D eigenvalue weighted by molar-refractivity contribution is 6.31. The van der Waals surface area contributed by atoms with Crippen molar-refractivity contribution in [2.75, 3.05) is 44.6 Å². The number of anilines is 1. The number of nitrogens with one attached hydrogen (secondary N) is 1. The third-order valence-electron chi connectivity index (χ3n) is 7.16. The Morgan fingerprint density at radius 3 is 2.11 bits per heavy atom. The van der Waals surface area contributed by atoms with Gasteiger partial charge in [0.2, 0.25) is 0 Å². The number of amides is 3. The number of carbonyl (C=O) groups is 3. The van der Waals surface area contributed by atoms with Crippen molar-refractivity contribution in [3.8, 4) is 0 Å². The minimum atomic E-state index is -0.299. The molecule has 0 bridgehead atoms. The maximum atomic E-state index is 13.5. The van der Waals surface area contributed by atoms with E-state index >= 15 is 0 Å². The smallest absolute Gasteiger partial charge is 0.256 e. The van der Waals surface area contributed by atoms with E-state index in [1.54, 1.807) is 66.7 Å². The van der Waals surface area contributed by atoms with Crippen molar-refractivity contribution >= 4 is 46.6 Å². The molecule has 1 N–H and O–H groups in total. The minimum Gasteiger partial charge on any atom is -0.337 e. The van der Waals surface area contributed by atoms with Gasteiger partial charge in [-0.15, -0.1) is 0 Å². The van der Waals surface area contributed by atoms with E-state index in [9.17, 15) is 14.4 Å². The van der Waals surface area contributed by atoms with Gasteiger partial charge in [0.05, 0.1) is 11.3 Å². The highest BCUT2D eigenvalue weighted by Crippen LogP contribution is 2.26. The molecule has 5 rings (SSSR count). The lowest BCUT2D eigenvalue weighted by Crippen LogP contribution is -2.52. The fourth-order valence-corrected chi connectivity index (χ4v) is 5.35. The Bertz CT molecular complexity index is 1330. The van der Waals surface area contributed by atoms with E-state index in [0.29, 0.717) is 58.6 Å². The summed E-state index contributed by atoms with van der Waals surface area (Å²) < 4.78 is 0. The van der Waals surface area contributed by atoms with Crippen LogP contribution in [-0.2, 0) is 0 Å². The monoisotopic (exact) mass is 550 g/mol. The van der Waals surface area contributed by atoms with Crippen molar-refractivity contribution in [1.82, 2.24) is 14.7 Å². The Hall–Kier alpha value is -3.39. The lowest BCUT2D eigenvalue weighted by Gasteiger charge is -2.38. The van der Waals surface area contributed by atoms with Gasteiger partial charge in [-0.25, -0.2) is 0 Å². The van der Waals surface area contributed by atoms with Crippen LogP contribution in [0, 0.1) is 0 Å². The predicted octanol–water partition coefficient (Wildman–Crippen LogP) is 4.92. The number of rotatable bonds is 5. The summed E-state index contributed by atoms with van der Waals surface area (Å²) in [6, 6.07) is 21.0. The molecular weight excluding hydrogens is 523 g/mol. The third-order valence-corrected chi connectivity index (χ3v) is 7.64. The first-order chi connectivity index (χ1) is 18.4. The average Bonchev–Trinajstić information content (AvgIpc) is 3.44. The molecular formula is C29H28Cl2N4O3. The molecule has 2 fully saturated rings. The molecule has 38 heavy (non-hydrogen) atoms. The molecule has 0 saturated carbocycles. The van der Waals surface area contributed by atoms with Gasteiger partial charge >= 0.3 is 0 Å². The van der Waals surface area contributed by atoms with E-state index in [-0.39, 0.29) is 23.8 Å². The first-order valence-electron chi connectivity index (χ1n) is 12.6. The second-order valence-electron chi connectivity index (χ2n) is 9.54. The summed E-state index contributed by atoms with van der Waals surface area (Å²) in [6.45, 7) is 4.01. The molecule has 0 spiro atoms. The van der Waals surface area contributed by atoms with Crippen molar-refractivity contribution in [3.63, 3.8) is 0 Å². The van der Waals surface area contributed by atoms with Gasteiger partial charge in [-0.2, -0.15) is 0 Å². The molecule has 3 amide bonds.